The summed E-state index contributed by atoms with van der Waals surface area (Å²) in [5, 5.41) is 12.1. The number of pyridine rings is 1. The van der Waals surface area contributed by atoms with Crippen LogP contribution in [0.3, 0.4) is 0 Å². The minimum absolute atomic E-state index is 0.0534. The molecule has 0 bridgehead atoms. The first-order valence-corrected chi connectivity index (χ1v) is 12.4. The van der Waals surface area contributed by atoms with Gasteiger partial charge in [0.2, 0.25) is 5.62 Å². The molecule has 0 atom stereocenters. The second-order valence-electron chi connectivity index (χ2n) is 9.44. The molecule has 0 saturated heterocycles. The summed E-state index contributed by atoms with van der Waals surface area (Å²) < 4.78 is 52.0. The Hall–Kier alpha value is -4.35. The van der Waals surface area contributed by atoms with Crippen molar-refractivity contribution in [2.75, 3.05) is 13.7 Å². The molecule has 12 heteroatoms. The number of ether oxygens (including phenoxy) is 1. The van der Waals surface area contributed by atoms with E-state index in [2.05, 4.69) is 10.1 Å². The number of rotatable bonds is 7. The highest BCUT2D eigenvalue weighted by Gasteiger charge is 2.39. The average Bonchev–Trinajstić information content (AvgIpc) is 3.49. The average molecular weight is 540 g/mol. The van der Waals surface area contributed by atoms with E-state index in [4.69, 9.17) is 10.1 Å². The van der Waals surface area contributed by atoms with Crippen LogP contribution in [0.2, 0.25) is 0 Å². The van der Waals surface area contributed by atoms with E-state index >= 15 is 0 Å². The fourth-order valence-electron chi connectivity index (χ4n) is 4.90. The van der Waals surface area contributed by atoms with Gasteiger partial charge in [-0.2, -0.15) is 18.3 Å². The Morgan fingerprint density at radius 1 is 1.10 bits per heavy atom. The smallest absolute Gasteiger partial charge is 0.435 e. The lowest BCUT2D eigenvalue weighted by atomic mass is 9.88. The van der Waals surface area contributed by atoms with Crippen LogP contribution in [-0.2, 0) is 39.3 Å². The molecule has 0 fully saturated rings. The lowest BCUT2D eigenvalue weighted by molar-refractivity contribution is -0.141. The van der Waals surface area contributed by atoms with Crippen molar-refractivity contribution in [1.82, 2.24) is 28.8 Å². The predicted octanol–water partition coefficient (Wildman–Crippen LogP) is 3.86. The number of fused-ring (bicyclic) bond motifs is 1. The molecule has 39 heavy (non-hydrogen) atoms. The molecule has 0 unspecified atom stereocenters. The van der Waals surface area contributed by atoms with Gasteiger partial charge < -0.3 is 18.8 Å². The molecule has 9 nitrogen and oxygen atoms in total. The van der Waals surface area contributed by atoms with E-state index in [0.717, 1.165) is 0 Å². The van der Waals surface area contributed by atoms with Crippen LogP contribution >= 0.6 is 0 Å². The van der Waals surface area contributed by atoms with Crippen molar-refractivity contribution in [1.29, 1.82) is 5.41 Å². The van der Waals surface area contributed by atoms with Crippen molar-refractivity contribution in [2.45, 2.75) is 39.2 Å². The summed E-state index contributed by atoms with van der Waals surface area (Å²) in [5.74, 6) is 0.331. The first-order chi connectivity index (χ1) is 18.6. The Bertz CT molecular complexity index is 1600. The molecule has 0 aliphatic carbocycles. The summed E-state index contributed by atoms with van der Waals surface area (Å²) in [4.78, 5) is 19.7. The van der Waals surface area contributed by atoms with Gasteiger partial charge in [-0.05, 0) is 48.2 Å². The number of halogens is 3. The zero-order valence-electron chi connectivity index (χ0n) is 21.8. The highest BCUT2D eigenvalue weighted by molar-refractivity contribution is 5.99. The Labute approximate surface area is 222 Å². The minimum atomic E-state index is -4.66. The number of aryl methyl sites for hydroxylation is 2. The number of methoxy groups -OCH3 is 1. The Morgan fingerprint density at radius 3 is 2.54 bits per heavy atom. The first kappa shape index (κ1) is 26.3. The fourth-order valence-corrected chi connectivity index (χ4v) is 4.90. The quantitative estimate of drug-likeness (QED) is 0.386. The molecule has 1 aliphatic heterocycles. The van der Waals surface area contributed by atoms with E-state index in [9.17, 15) is 18.0 Å². The molecule has 3 aromatic heterocycles. The molecule has 4 aromatic rings. The largest absolute Gasteiger partial charge is 0.497 e. The number of hydrogen-bond acceptors (Lipinski definition) is 5. The SMILES string of the molecule is CCn1cc(-c2cc(Cn3ccn(C)c3=N)cc3c2CCN(Cc2cc(OC)ccn2)C3=O)c(C(F)(F)F)n1. The molecule has 4 heterocycles. The first-order valence-electron chi connectivity index (χ1n) is 12.4. The molecular weight excluding hydrogens is 511 g/mol. The van der Waals surface area contributed by atoms with Gasteiger partial charge in [-0.25, -0.2) is 0 Å². The number of aromatic nitrogens is 5. The number of hydrogen-bond donors (Lipinski definition) is 1. The van der Waals surface area contributed by atoms with Gasteiger partial charge in [-0.15, -0.1) is 0 Å². The molecule has 1 N–H and O–H groups in total. The molecule has 1 aromatic carbocycles. The van der Waals surface area contributed by atoms with Gasteiger partial charge >= 0.3 is 6.18 Å². The van der Waals surface area contributed by atoms with Crippen molar-refractivity contribution in [2.24, 2.45) is 7.05 Å². The summed E-state index contributed by atoms with van der Waals surface area (Å²) in [6, 6.07) is 6.88. The second kappa shape index (κ2) is 10.1. The zero-order chi connectivity index (χ0) is 27.9. The number of benzene rings is 1. The normalized spacial score (nSPS) is 13.6. The van der Waals surface area contributed by atoms with Gasteiger partial charge in [0.25, 0.3) is 5.91 Å². The van der Waals surface area contributed by atoms with Gasteiger partial charge in [0.1, 0.15) is 5.75 Å². The topological polar surface area (TPSA) is 94.0 Å². The summed E-state index contributed by atoms with van der Waals surface area (Å²) >= 11 is 0. The standard InChI is InChI=1S/C27H28F3N7O2/c1-4-37-16-23(24(33-37)27(28,29)30)21-11-17(14-36-10-9-34(2)26(36)31)12-22-20(21)6-8-35(25(22)38)15-18-13-19(39-3)5-7-32-18/h5,7,9-13,16,31H,4,6,8,14-15H2,1-3H3. The van der Waals surface area contributed by atoms with Crippen molar-refractivity contribution >= 4 is 5.91 Å². The van der Waals surface area contributed by atoms with Crippen molar-refractivity contribution in [3.8, 4) is 16.9 Å². The number of nitrogens with one attached hydrogen (secondary N) is 1. The van der Waals surface area contributed by atoms with Crippen LogP contribution in [0.1, 0.15) is 39.8 Å². The van der Waals surface area contributed by atoms with E-state index < -0.39 is 11.9 Å². The molecule has 204 valence electrons. The van der Waals surface area contributed by atoms with Crippen molar-refractivity contribution in [3.05, 3.63) is 82.7 Å². The van der Waals surface area contributed by atoms with Crippen LogP contribution in [0.25, 0.3) is 11.1 Å². The van der Waals surface area contributed by atoms with E-state index in [-0.39, 0.29) is 36.7 Å². The van der Waals surface area contributed by atoms with Crippen molar-refractivity contribution < 1.29 is 22.7 Å². The van der Waals surface area contributed by atoms with Crippen LogP contribution in [0.15, 0.2) is 49.1 Å². The van der Waals surface area contributed by atoms with Crippen LogP contribution in [0.4, 0.5) is 13.2 Å². The van der Waals surface area contributed by atoms with E-state index in [0.29, 0.717) is 46.7 Å². The number of imidazole rings is 1. The van der Waals surface area contributed by atoms with Gasteiger partial charge in [0.15, 0.2) is 5.69 Å². The maximum absolute atomic E-state index is 14.1. The molecular formula is C27H28F3N7O2. The number of nitrogens with zero attached hydrogens (tertiary/aromatic N) is 6. The highest BCUT2D eigenvalue weighted by Crippen LogP contribution is 2.40. The molecule has 5 rings (SSSR count). The van der Waals surface area contributed by atoms with Gasteiger partial charge in [-0.3, -0.25) is 19.9 Å². The minimum Gasteiger partial charge on any atom is -0.497 e. The number of carbonyl (C=O) groups is 1. The fraction of sp³-hybridized carbons (Fsp3) is 0.333. The van der Waals surface area contributed by atoms with Crippen molar-refractivity contribution in [3.63, 3.8) is 0 Å². The summed E-state index contributed by atoms with van der Waals surface area (Å²) in [6.45, 7) is 2.77. The van der Waals surface area contributed by atoms with Gasteiger partial charge in [0.05, 0.1) is 25.9 Å². The third kappa shape index (κ3) is 5.06. The number of alkyl halides is 3. The second-order valence-corrected chi connectivity index (χ2v) is 9.44. The lowest BCUT2D eigenvalue weighted by Gasteiger charge is -2.30. The van der Waals surface area contributed by atoms with Crippen LogP contribution in [0.5, 0.6) is 5.75 Å². The Morgan fingerprint density at radius 2 is 1.87 bits per heavy atom. The molecule has 1 aliphatic rings. The van der Waals surface area contributed by atoms with Gasteiger partial charge in [-0.1, -0.05) is 0 Å². The molecule has 0 spiro atoms. The highest BCUT2D eigenvalue weighted by atomic mass is 19.4. The Balaban J connectivity index is 1.62. The van der Waals surface area contributed by atoms with Crippen LogP contribution < -0.4 is 10.4 Å². The molecule has 0 radical (unpaired) electrons. The molecule has 1 amide bonds. The monoisotopic (exact) mass is 539 g/mol. The maximum Gasteiger partial charge on any atom is 0.435 e. The lowest BCUT2D eigenvalue weighted by Crippen LogP contribution is -2.37. The molecule has 0 saturated carbocycles. The summed E-state index contributed by atoms with van der Waals surface area (Å²) in [6.07, 6.45) is 2.15. The third-order valence-electron chi connectivity index (χ3n) is 6.91. The number of carbonyl (C=O) groups excluding carboxylic acids is 1. The zero-order valence-corrected chi connectivity index (χ0v) is 21.8. The summed E-state index contributed by atoms with van der Waals surface area (Å²) in [7, 11) is 3.28. The Kier molecular flexibility index (Phi) is 6.79. The van der Waals surface area contributed by atoms with E-state index in [1.807, 2.05) is 0 Å². The van der Waals surface area contributed by atoms with E-state index in [1.54, 1.807) is 78.0 Å². The maximum atomic E-state index is 14.1. The van der Waals surface area contributed by atoms with Crippen LogP contribution in [-0.4, -0.2) is 48.4 Å². The van der Waals surface area contributed by atoms with Crippen LogP contribution in [0, 0.1) is 5.41 Å². The number of amides is 1. The van der Waals surface area contributed by atoms with Gasteiger partial charge in [0, 0.05) is 62.1 Å². The van der Waals surface area contributed by atoms with E-state index in [1.165, 1.54) is 10.9 Å². The third-order valence-corrected chi connectivity index (χ3v) is 6.91. The predicted molar refractivity (Wildman–Crippen MR) is 136 cm³/mol. The summed E-state index contributed by atoms with van der Waals surface area (Å²) in [5.41, 5.74) is 1.69.